The van der Waals surface area contributed by atoms with Crippen molar-refractivity contribution in [1.82, 2.24) is 0 Å². The van der Waals surface area contributed by atoms with Crippen LogP contribution in [0.3, 0.4) is 0 Å². The van der Waals surface area contributed by atoms with E-state index in [1.165, 1.54) is 13.2 Å². The molecule has 0 saturated carbocycles. The van der Waals surface area contributed by atoms with E-state index in [-0.39, 0.29) is 11.3 Å². The predicted molar refractivity (Wildman–Crippen MR) is 41.7 cm³/mol. The van der Waals surface area contributed by atoms with Crippen molar-refractivity contribution in [2.45, 2.75) is 6.92 Å². The molecule has 0 radical (unpaired) electrons. The summed E-state index contributed by atoms with van der Waals surface area (Å²) in [6.07, 6.45) is 0.421. The molecule has 0 fully saturated rings. The zero-order chi connectivity index (χ0) is 9.14. The summed E-state index contributed by atoms with van der Waals surface area (Å²) >= 11 is 0. The van der Waals surface area contributed by atoms with Crippen LogP contribution in [0.5, 0.6) is 5.75 Å². The first-order valence-corrected chi connectivity index (χ1v) is 3.33. The van der Waals surface area contributed by atoms with Gasteiger partial charge >= 0.3 is 5.63 Å². The number of rotatable bonds is 2. The quantitative estimate of drug-likeness (QED) is 0.612. The zero-order valence-electron chi connectivity index (χ0n) is 6.79. The first kappa shape index (κ1) is 8.52. The van der Waals surface area contributed by atoms with Gasteiger partial charge in [0.05, 0.1) is 7.11 Å². The molecule has 0 aliphatic heterocycles. The van der Waals surface area contributed by atoms with Gasteiger partial charge in [0, 0.05) is 6.07 Å². The minimum atomic E-state index is -0.665. The normalized spacial score (nSPS) is 9.50. The summed E-state index contributed by atoms with van der Waals surface area (Å²) in [5, 5.41) is 0. The summed E-state index contributed by atoms with van der Waals surface area (Å²) < 4.78 is 9.48. The van der Waals surface area contributed by atoms with E-state index in [0.29, 0.717) is 12.0 Å². The molecule has 0 spiro atoms. The minimum absolute atomic E-state index is 0.0805. The van der Waals surface area contributed by atoms with E-state index in [1.807, 2.05) is 0 Å². The second kappa shape index (κ2) is 3.21. The molecule has 1 rings (SSSR count). The first-order valence-electron chi connectivity index (χ1n) is 3.33. The van der Waals surface area contributed by atoms with Crippen LogP contribution in [0.1, 0.15) is 16.1 Å². The highest BCUT2D eigenvalue weighted by Crippen LogP contribution is 2.13. The molecule has 4 nitrogen and oxygen atoms in total. The fourth-order valence-electron chi connectivity index (χ4n) is 0.869. The molecule has 0 amide bonds. The van der Waals surface area contributed by atoms with Crippen LogP contribution in [-0.2, 0) is 0 Å². The lowest BCUT2D eigenvalue weighted by atomic mass is 10.2. The molecule has 0 aromatic carbocycles. The molecule has 4 heteroatoms. The fraction of sp³-hybridized carbons (Fsp3) is 0.250. The van der Waals surface area contributed by atoms with Gasteiger partial charge in [0.15, 0.2) is 6.29 Å². The second-order valence-electron chi connectivity index (χ2n) is 2.24. The maximum Gasteiger partial charge on any atom is 0.350 e. The smallest absolute Gasteiger partial charge is 0.350 e. The summed E-state index contributed by atoms with van der Waals surface area (Å²) in [4.78, 5) is 21.4. The van der Waals surface area contributed by atoms with Crippen LogP contribution < -0.4 is 10.4 Å². The highest BCUT2D eigenvalue weighted by Gasteiger charge is 2.08. The van der Waals surface area contributed by atoms with Crippen LogP contribution in [0.4, 0.5) is 0 Å². The molecule has 0 unspecified atom stereocenters. The Hall–Kier alpha value is -1.58. The molecule has 0 saturated heterocycles. The van der Waals surface area contributed by atoms with Crippen LogP contribution in [-0.4, -0.2) is 13.4 Å². The third-order valence-electron chi connectivity index (χ3n) is 1.41. The van der Waals surface area contributed by atoms with E-state index in [2.05, 4.69) is 4.42 Å². The van der Waals surface area contributed by atoms with Crippen LogP contribution in [0.2, 0.25) is 0 Å². The third kappa shape index (κ3) is 1.37. The highest BCUT2D eigenvalue weighted by molar-refractivity contribution is 5.78. The summed E-state index contributed by atoms with van der Waals surface area (Å²) in [7, 11) is 1.39. The number of carbonyl (C=O) groups excluding carboxylic acids is 1. The van der Waals surface area contributed by atoms with Crippen LogP contribution in [0.15, 0.2) is 15.3 Å². The van der Waals surface area contributed by atoms with Crippen molar-refractivity contribution in [2.75, 3.05) is 7.11 Å². The molecule has 1 aromatic heterocycles. The van der Waals surface area contributed by atoms with Gasteiger partial charge in [-0.2, -0.15) is 0 Å². The van der Waals surface area contributed by atoms with E-state index < -0.39 is 5.63 Å². The average molecular weight is 168 g/mol. The molecule has 12 heavy (non-hydrogen) atoms. The Balaban J connectivity index is 3.44. The van der Waals surface area contributed by atoms with Crippen molar-refractivity contribution in [3.05, 3.63) is 27.8 Å². The van der Waals surface area contributed by atoms with E-state index in [0.717, 1.165) is 0 Å². The Kier molecular flexibility index (Phi) is 2.28. The van der Waals surface area contributed by atoms with Gasteiger partial charge in [0.1, 0.15) is 17.1 Å². The maximum absolute atomic E-state index is 11.0. The van der Waals surface area contributed by atoms with Gasteiger partial charge < -0.3 is 9.15 Å². The Bertz CT molecular complexity index is 351. The second-order valence-corrected chi connectivity index (χ2v) is 2.24. The van der Waals surface area contributed by atoms with Gasteiger partial charge in [0.2, 0.25) is 0 Å². The van der Waals surface area contributed by atoms with Gasteiger partial charge in [-0.25, -0.2) is 4.79 Å². The Labute approximate surface area is 68.8 Å². The summed E-state index contributed by atoms with van der Waals surface area (Å²) in [6.45, 7) is 1.61. The number of hydrogen-bond acceptors (Lipinski definition) is 4. The SMILES string of the molecule is COc1cc(C)oc(=O)c1C=O. The average Bonchev–Trinajstić information content (AvgIpc) is 2.03. The first-order chi connectivity index (χ1) is 5.69. The Morgan fingerprint density at radius 1 is 1.58 bits per heavy atom. The van der Waals surface area contributed by atoms with Crippen molar-refractivity contribution < 1.29 is 13.9 Å². The summed E-state index contributed by atoms with van der Waals surface area (Å²) in [5.74, 6) is 0.668. The van der Waals surface area contributed by atoms with Crippen LogP contribution in [0.25, 0.3) is 0 Å². The molecule has 0 atom stereocenters. The monoisotopic (exact) mass is 168 g/mol. The molecular weight excluding hydrogens is 160 g/mol. The number of aryl methyl sites for hydroxylation is 1. The lowest BCUT2D eigenvalue weighted by Gasteiger charge is -2.01. The Morgan fingerprint density at radius 3 is 2.75 bits per heavy atom. The number of ether oxygens (including phenoxy) is 1. The van der Waals surface area contributed by atoms with Crippen molar-refractivity contribution >= 4 is 6.29 Å². The molecule has 64 valence electrons. The standard InChI is InChI=1S/C8H8O4/c1-5-3-7(11-2)6(4-9)8(10)12-5/h3-4H,1-2H3. The summed E-state index contributed by atoms with van der Waals surface area (Å²) in [6, 6.07) is 1.49. The topological polar surface area (TPSA) is 56.5 Å². The molecule has 0 bridgehead atoms. The van der Waals surface area contributed by atoms with E-state index in [4.69, 9.17) is 4.74 Å². The molecule has 0 aliphatic carbocycles. The number of hydrogen-bond donors (Lipinski definition) is 0. The predicted octanol–water partition coefficient (Wildman–Crippen LogP) is 0.769. The molecule has 0 aliphatic rings. The van der Waals surface area contributed by atoms with Gasteiger partial charge in [-0.1, -0.05) is 0 Å². The molecule has 1 aromatic rings. The minimum Gasteiger partial charge on any atom is -0.496 e. The lowest BCUT2D eigenvalue weighted by Crippen LogP contribution is -2.09. The van der Waals surface area contributed by atoms with E-state index >= 15 is 0 Å². The Morgan fingerprint density at radius 2 is 2.25 bits per heavy atom. The zero-order valence-corrected chi connectivity index (χ0v) is 6.79. The van der Waals surface area contributed by atoms with Gasteiger partial charge in [-0.15, -0.1) is 0 Å². The van der Waals surface area contributed by atoms with Crippen molar-refractivity contribution in [3.63, 3.8) is 0 Å². The van der Waals surface area contributed by atoms with E-state index in [9.17, 15) is 9.59 Å². The highest BCUT2D eigenvalue weighted by atomic mass is 16.5. The third-order valence-corrected chi connectivity index (χ3v) is 1.41. The van der Waals surface area contributed by atoms with Gasteiger partial charge in [-0.05, 0) is 6.92 Å². The van der Waals surface area contributed by atoms with Gasteiger partial charge in [0.25, 0.3) is 0 Å². The molecule has 1 heterocycles. The number of aldehydes is 1. The number of methoxy groups -OCH3 is 1. The van der Waals surface area contributed by atoms with E-state index in [1.54, 1.807) is 6.92 Å². The lowest BCUT2D eigenvalue weighted by molar-refractivity contribution is 0.111. The van der Waals surface area contributed by atoms with Gasteiger partial charge in [-0.3, -0.25) is 4.79 Å². The fourth-order valence-corrected chi connectivity index (χ4v) is 0.869. The van der Waals surface area contributed by atoms with Crippen molar-refractivity contribution in [1.29, 1.82) is 0 Å². The maximum atomic E-state index is 11.0. The molecule has 0 N–H and O–H groups in total. The summed E-state index contributed by atoms with van der Waals surface area (Å²) in [5.41, 5.74) is -0.745. The van der Waals surface area contributed by atoms with Crippen LogP contribution in [0, 0.1) is 6.92 Å². The van der Waals surface area contributed by atoms with Crippen LogP contribution >= 0.6 is 0 Å². The number of carbonyl (C=O) groups is 1. The largest absolute Gasteiger partial charge is 0.496 e. The molecular formula is C8H8O4. The van der Waals surface area contributed by atoms with Crippen molar-refractivity contribution in [2.24, 2.45) is 0 Å². The van der Waals surface area contributed by atoms with Crippen molar-refractivity contribution in [3.8, 4) is 5.75 Å².